The molecule has 8 heteroatoms. The first-order chi connectivity index (χ1) is 12.2. The Labute approximate surface area is 145 Å². The lowest BCUT2D eigenvalue weighted by Gasteiger charge is -2.27. The van der Waals surface area contributed by atoms with Gasteiger partial charge in [-0.15, -0.1) is 0 Å². The number of aromatic nitrogens is 2. The molecule has 2 aromatic rings. The lowest BCUT2D eigenvalue weighted by atomic mass is 10.3. The summed E-state index contributed by atoms with van der Waals surface area (Å²) in [5.74, 6) is 0.639. The van der Waals surface area contributed by atoms with Crippen LogP contribution in [0.5, 0.6) is 0 Å². The van der Waals surface area contributed by atoms with Crippen molar-refractivity contribution in [2.75, 3.05) is 32.9 Å². The van der Waals surface area contributed by atoms with Gasteiger partial charge in [0.05, 0.1) is 37.4 Å². The molecule has 1 aliphatic heterocycles. The molecule has 1 aliphatic rings. The molecule has 2 heterocycles. The fraction of sp³-hybridized carbons (Fsp3) is 0.471. The molecule has 8 nitrogen and oxygen atoms in total. The summed E-state index contributed by atoms with van der Waals surface area (Å²) < 4.78 is 12.0. The van der Waals surface area contributed by atoms with Crippen molar-refractivity contribution in [3.63, 3.8) is 0 Å². The molecule has 2 amide bonds. The van der Waals surface area contributed by atoms with E-state index in [0.717, 1.165) is 11.0 Å². The molecule has 0 aliphatic carbocycles. The highest BCUT2D eigenvalue weighted by Gasteiger charge is 2.20. The van der Waals surface area contributed by atoms with E-state index in [1.165, 1.54) is 0 Å². The zero-order valence-corrected chi connectivity index (χ0v) is 14.2. The number of nitrogens with zero attached hydrogens (tertiary/aromatic N) is 3. The van der Waals surface area contributed by atoms with Gasteiger partial charge < -0.3 is 24.3 Å². The van der Waals surface area contributed by atoms with Crippen molar-refractivity contribution in [1.82, 2.24) is 19.8 Å². The molecule has 1 N–H and O–H groups in total. The van der Waals surface area contributed by atoms with Crippen LogP contribution in [0.1, 0.15) is 12.7 Å². The highest BCUT2D eigenvalue weighted by molar-refractivity contribution is 5.81. The number of carbonyl (C=O) groups excluding carboxylic acids is 2. The van der Waals surface area contributed by atoms with Crippen LogP contribution in [0.25, 0.3) is 11.0 Å². The lowest BCUT2D eigenvalue weighted by Crippen LogP contribution is -2.42. The van der Waals surface area contributed by atoms with E-state index in [9.17, 15) is 9.59 Å². The molecular formula is C17H22N4O4. The van der Waals surface area contributed by atoms with Crippen LogP contribution in [0, 0.1) is 0 Å². The minimum atomic E-state index is -0.499. The number of imidazole rings is 1. The number of para-hydroxylation sites is 2. The predicted octanol–water partition coefficient (Wildman–Crippen LogP) is 1.14. The topological polar surface area (TPSA) is 85.7 Å². The third-order valence-corrected chi connectivity index (χ3v) is 4.06. The number of carbonyl (C=O) groups is 2. The normalized spacial score (nSPS) is 14.5. The van der Waals surface area contributed by atoms with Gasteiger partial charge in [-0.3, -0.25) is 4.79 Å². The molecule has 3 rings (SSSR count). The quantitative estimate of drug-likeness (QED) is 0.877. The molecule has 1 aromatic carbocycles. The van der Waals surface area contributed by atoms with Gasteiger partial charge >= 0.3 is 6.09 Å². The largest absolute Gasteiger partial charge is 0.450 e. The zero-order valence-electron chi connectivity index (χ0n) is 14.2. The van der Waals surface area contributed by atoms with Gasteiger partial charge in [0.2, 0.25) is 5.91 Å². The standard InChI is InChI=1S/C17H22N4O4/c1-2-25-17(23)18-11-15-19-13-5-3-4-6-14(13)21(15)12-16(22)20-7-9-24-10-8-20/h3-6H,2,7-12H2,1H3,(H,18,23). The number of hydrogen-bond donors (Lipinski definition) is 1. The number of fused-ring (bicyclic) bond motifs is 1. The SMILES string of the molecule is CCOC(=O)NCc1nc2ccccc2n1CC(=O)N1CCOCC1. The van der Waals surface area contributed by atoms with Gasteiger partial charge in [0, 0.05) is 13.1 Å². The Balaban J connectivity index is 1.80. The first-order valence-corrected chi connectivity index (χ1v) is 8.39. The number of benzene rings is 1. The van der Waals surface area contributed by atoms with Gasteiger partial charge in [0.25, 0.3) is 0 Å². The van der Waals surface area contributed by atoms with E-state index in [0.29, 0.717) is 38.7 Å². The average molecular weight is 346 g/mol. The molecule has 0 atom stereocenters. The van der Waals surface area contributed by atoms with Crippen molar-refractivity contribution in [1.29, 1.82) is 0 Å². The molecule has 0 spiro atoms. The molecule has 0 unspecified atom stereocenters. The van der Waals surface area contributed by atoms with Gasteiger partial charge in [-0.25, -0.2) is 9.78 Å². The van der Waals surface area contributed by atoms with Crippen LogP contribution in [0.3, 0.4) is 0 Å². The number of ether oxygens (including phenoxy) is 2. The Bertz CT molecular complexity index is 752. The Morgan fingerprint density at radius 2 is 2.04 bits per heavy atom. The van der Waals surface area contributed by atoms with Crippen LogP contribution >= 0.6 is 0 Å². The molecule has 0 bridgehead atoms. The van der Waals surface area contributed by atoms with Crippen molar-refractivity contribution in [2.24, 2.45) is 0 Å². The lowest BCUT2D eigenvalue weighted by molar-refractivity contribution is -0.135. The summed E-state index contributed by atoms with van der Waals surface area (Å²) in [6.45, 7) is 4.75. The second-order valence-corrected chi connectivity index (χ2v) is 5.67. The van der Waals surface area contributed by atoms with Gasteiger partial charge in [-0.05, 0) is 19.1 Å². The number of amides is 2. The van der Waals surface area contributed by atoms with Crippen molar-refractivity contribution in [2.45, 2.75) is 20.0 Å². The number of morpholine rings is 1. The van der Waals surface area contributed by atoms with Crippen LogP contribution in [0.15, 0.2) is 24.3 Å². The Morgan fingerprint density at radius 1 is 1.28 bits per heavy atom. The first-order valence-electron chi connectivity index (χ1n) is 8.39. The van der Waals surface area contributed by atoms with Gasteiger partial charge in [-0.1, -0.05) is 12.1 Å². The highest BCUT2D eigenvalue weighted by atomic mass is 16.5. The molecule has 1 saturated heterocycles. The van der Waals surface area contributed by atoms with Crippen molar-refractivity contribution in [3.05, 3.63) is 30.1 Å². The molecule has 0 saturated carbocycles. The second-order valence-electron chi connectivity index (χ2n) is 5.67. The van der Waals surface area contributed by atoms with Crippen LogP contribution in [-0.2, 0) is 27.4 Å². The smallest absolute Gasteiger partial charge is 0.407 e. The Kier molecular flexibility index (Phi) is 5.49. The third-order valence-electron chi connectivity index (χ3n) is 4.06. The van der Waals surface area contributed by atoms with E-state index in [1.54, 1.807) is 11.8 Å². The zero-order chi connectivity index (χ0) is 17.6. The maximum Gasteiger partial charge on any atom is 0.407 e. The summed E-state index contributed by atoms with van der Waals surface area (Å²) in [6.07, 6.45) is -0.499. The number of hydrogen-bond acceptors (Lipinski definition) is 5. The number of rotatable bonds is 5. The summed E-state index contributed by atoms with van der Waals surface area (Å²) in [5, 5.41) is 2.66. The highest BCUT2D eigenvalue weighted by Crippen LogP contribution is 2.16. The second kappa shape index (κ2) is 7.98. The summed E-state index contributed by atoms with van der Waals surface area (Å²) in [4.78, 5) is 30.5. The van der Waals surface area contributed by atoms with Crippen LogP contribution in [0.2, 0.25) is 0 Å². The Morgan fingerprint density at radius 3 is 2.80 bits per heavy atom. The van der Waals surface area contributed by atoms with Gasteiger partial charge in [0.1, 0.15) is 12.4 Å². The van der Waals surface area contributed by atoms with E-state index >= 15 is 0 Å². The van der Waals surface area contributed by atoms with Crippen LogP contribution in [-0.4, -0.2) is 59.4 Å². The van der Waals surface area contributed by atoms with E-state index in [2.05, 4.69) is 10.3 Å². The van der Waals surface area contributed by atoms with Gasteiger partial charge in [0.15, 0.2) is 0 Å². The van der Waals surface area contributed by atoms with E-state index in [4.69, 9.17) is 9.47 Å². The number of nitrogens with one attached hydrogen (secondary N) is 1. The summed E-state index contributed by atoms with van der Waals surface area (Å²) in [7, 11) is 0. The summed E-state index contributed by atoms with van der Waals surface area (Å²) in [5.41, 5.74) is 1.66. The van der Waals surface area contributed by atoms with Crippen molar-refractivity contribution in [3.8, 4) is 0 Å². The molecule has 1 fully saturated rings. The van der Waals surface area contributed by atoms with Crippen molar-refractivity contribution < 1.29 is 19.1 Å². The third kappa shape index (κ3) is 4.08. The predicted molar refractivity (Wildman–Crippen MR) is 91.0 cm³/mol. The Hall–Kier alpha value is -2.61. The number of alkyl carbamates (subject to hydrolysis) is 1. The maximum atomic E-state index is 12.6. The molecular weight excluding hydrogens is 324 g/mol. The fourth-order valence-electron chi connectivity index (χ4n) is 2.82. The van der Waals surface area contributed by atoms with E-state index in [1.807, 2.05) is 28.8 Å². The van der Waals surface area contributed by atoms with E-state index in [-0.39, 0.29) is 19.0 Å². The molecule has 0 radical (unpaired) electrons. The maximum absolute atomic E-state index is 12.6. The molecule has 134 valence electrons. The van der Waals surface area contributed by atoms with Crippen LogP contribution < -0.4 is 5.32 Å². The first kappa shape index (κ1) is 17.2. The van der Waals surface area contributed by atoms with E-state index < -0.39 is 6.09 Å². The average Bonchev–Trinajstić information content (AvgIpc) is 2.99. The monoisotopic (exact) mass is 346 g/mol. The minimum Gasteiger partial charge on any atom is -0.450 e. The summed E-state index contributed by atoms with van der Waals surface area (Å²) >= 11 is 0. The fourth-order valence-corrected chi connectivity index (χ4v) is 2.82. The van der Waals surface area contributed by atoms with Gasteiger partial charge in [-0.2, -0.15) is 0 Å². The molecule has 25 heavy (non-hydrogen) atoms. The van der Waals surface area contributed by atoms with Crippen molar-refractivity contribution >= 4 is 23.0 Å². The van der Waals surface area contributed by atoms with Crippen LogP contribution in [0.4, 0.5) is 4.79 Å². The molecule has 1 aromatic heterocycles. The minimum absolute atomic E-state index is 0.0174. The summed E-state index contributed by atoms with van der Waals surface area (Å²) in [6, 6.07) is 7.61.